The number of amides is 1. The van der Waals surface area contributed by atoms with Crippen LogP contribution in [0.1, 0.15) is 27.4 Å². The minimum absolute atomic E-state index is 0.0357. The van der Waals surface area contributed by atoms with Crippen LogP contribution in [0.4, 0.5) is 4.39 Å². The van der Waals surface area contributed by atoms with E-state index in [1.165, 1.54) is 42.6 Å². The lowest BCUT2D eigenvalue weighted by atomic mass is 10.2. The van der Waals surface area contributed by atoms with Gasteiger partial charge in [-0.3, -0.25) is 4.79 Å². The normalized spacial score (nSPS) is 11.7. The smallest absolute Gasteiger partial charge is 0.271 e. The van der Waals surface area contributed by atoms with E-state index < -0.39 is 21.7 Å². The van der Waals surface area contributed by atoms with E-state index in [1.807, 2.05) is 6.92 Å². The number of sulfonamides is 1. The summed E-state index contributed by atoms with van der Waals surface area (Å²) in [5.74, 6) is -0.231. The summed E-state index contributed by atoms with van der Waals surface area (Å²) in [6, 6.07) is 14.7. The number of nitrogens with one attached hydrogen (secondary N) is 2. The van der Waals surface area contributed by atoms with Gasteiger partial charge in [-0.15, -0.1) is 0 Å². The fourth-order valence-electron chi connectivity index (χ4n) is 2.35. The molecule has 0 aliphatic heterocycles. The maximum atomic E-state index is 12.9. The number of furan rings is 1. The molecule has 0 aliphatic rings. The highest BCUT2D eigenvalue weighted by molar-refractivity contribution is 7.89. The number of carbonyl (C=O) groups is 1. The largest absolute Gasteiger partial charge is 0.459 e. The van der Waals surface area contributed by atoms with Crippen LogP contribution in [0.2, 0.25) is 0 Å². The van der Waals surface area contributed by atoms with Gasteiger partial charge >= 0.3 is 0 Å². The van der Waals surface area contributed by atoms with Crippen LogP contribution in [0, 0.1) is 12.7 Å². The molecule has 1 aromatic heterocycles. The third-order valence-electron chi connectivity index (χ3n) is 3.91. The van der Waals surface area contributed by atoms with Crippen molar-refractivity contribution in [1.29, 1.82) is 0 Å². The third-order valence-corrected chi connectivity index (χ3v) is 5.33. The molecule has 9 heteroatoms. The van der Waals surface area contributed by atoms with Gasteiger partial charge in [0.25, 0.3) is 5.91 Å². The molecule has 0 bridgehead atoms. The lowest BCUT2D eigenvalue weighted by Crippen LogP contribution is -2.22. The molecule has 0 atom stereocenters. The second-order valence-corrected chi connectivity index (χ2v) is 7.91. The van der Waals surface area contributed by atoms with Crippen LogP contribution in [0.3, 0.4) is 0 Å². The van der Waals surface area contributed by atoms with E-state index in [2.05, 4.69) is 15.2 Å². The van der Waals surface area contributed by atoms with E-state index in [4.69, 9.17) is 4.42 Å². The van der Waals surface area contributed by atoms with E-state index in [1.54, 1.807) is 24.3 Å². The van der Waals surface area contributed by atoms with E-state index >= 15 is 0 Å². The van der Waals surface area contributed by atoms with Gasteiger partial charge in [0.15, 0.2) is 0 Å². The average molecular weight is 415 g/mol. The zero-order valence-electron chi connectivity index (χ0n) is 15.4. The number of carbonyl (C=O) groups excluding carboxylic acids is 1. The second-order valence-electron chi connectivity index (χ2n) is 6.15. The van der Waals surface area contributed by atoms with Crippen LogP contribution in [0.25, 0.3) is 0 Å². The highest BCUT2D eigenvalue weighted by Crippen LogP contribution is 2.12. The van der Waals surface area contributed by atoms with Crippen LogP contribution in [-0.4, -0.2) is 20.5 Å². The van der Waals surface area contributed by atoms with Crippen molar-refractivity contribution in [1.82, 2.24) is 10.1 Å². The molecule has 2 aromatic carbocycles. The molecule has 0 spiro atoms. The number of benzene rings is 2. The molecule has 0 saturated heterocycles. The monoisotopic (exact) mass is 415 g/mol. The van der Waals surface area contributed by atoms with Crippen molar-refractivity contribution in [2.45, 2.75) is 18.4 Å². The summed E-state index contributed by atoms with van der Waals surface area (Å²) in [5.41, 5.74) is 3.52. The SMILES string of the molecule is Cc1ccc(S(=O)(=O)NCc2ccc(/C=N\NC(=O)c3ccc(F)cc3)o2)cc1. The second kappa shape index (κ2) is 8.80. The number of aryl methyl sites for hydroxylation is 1. The summed E-state index contributed by atoms with van der Waals surface area (Å²) in [7, 11) is -3.66. The fraction of sp³-hybridized carbons (Fsp3) is 0.100. The standard InChI is InChI=1S/C20H18FN3O4S/c1-14-2-10-19(11-3-14)29(26,27)23-13-18-9-8-17(28-18)12-22-24-20(25)15-4-6-16(21)7-5-15/h2-12,23H,13H2,1H3,(H,24,25)/b22-12-. The van der Waals surface area contributed by atoms with Crippen LogP contribution in [0.15, 0.2) is 75.1 Å². The van der Waals surface area contributed by atoms with Gasteiger partial charge in [0.1, 0.15) is 17.3 Å². The van der Waals surface area contributed by atoms with Crippen molar-refractivity contribution in [3.8, 4) is 0 Å². The van der Waals surface area contributed by atoms with Crippen molar-refractivity contribution in [2.24, 2.45) is 5.10 Å². The Hall–Kier alpha value is -3.30. The van der Waals surface area contributed by atoms with E-state index in [0.29, 0.717) is 11.5 Å². The Morgan fingerprint density at radius 2 is 1.76 bits per heavy atom. The maximum absolute atomic E-state index is 12.9. The molecule has 0 saturated carbocycles. The number of hydrogen-bond acceptors (Lipinski definition) is 5. The fourth-order valence-corrected chi connectivity index (χ4v) is 3.34. The zero-order valence-corrected chi connectivity index (χ0v) is 16.2. The zero-order chi connectivity index (χ0) is 20.9. The Labute approximate surface area is 167 Å². The molecule has 0 unspecified atom stereocenters. The first-order valence-electron chi connectivity index (χ1n) is 8.57. The predicted molar refractivity (Wildman–Crippen MR) is 105 cm³/mol. The number of hydrogen-bond donors (Lipinski definition) is 2. The van der Waals surface area contributed by atoms with Crippen LogP contribution >= 0.6 is 0 Å². The first kappa shape index (κ1) is 20.4. The van der Waals surface area contributed by atoms with Crippen molar-refractivity contribution < 1.29 is 22.0 Å². The van der Waals surface area contributed by atoms with E-state index in [9.17, 15) is 17.6 Å². The van der Waals surface area contributed by atoms with Gasteiger partial charge in [-0.05, 0) is 55.5 Å². The van der Waals surface area contributed by atoms with Crippen LogP contribution in [-0.2, 0) is 16.6 Å². The van der Waals surface area contributed by atoms with Gasteiger partial charge in [0.2, 0.25) is 10.0 Å². The average Bonchev–Trinajstić information content (AvgIpc) is 3.15. The van der Waals surface area contributed by atoms with Gasteiger partial charge in [0, 0.05) is 5.56 Å². The van der Waals surface area contributed by atoms with Crippen molar-refractivity contribution in [2.75, 3.05) is 0 Å². The van der Waals surface area contributed by atoms with Gasteiger partial charge in [-0.1, -0.05) is 17.7 Å². The van der Waals surface area contributed by atoms with Crippen molar-refractivity contribution >= 4 is 22.1 Å². The summed E-state index contributed by atoms with van der Waals surface area (Å²) >= 11 is 0. The molecule has 3 aromatic rings. The highest BCUT2D eigenvalue weighted by Gasteiger charge is 2.14. The summed E-state index contributed by atoms with van der Waals surface area (Å²) < 4.78 is 45.3. The maximum Gasteiger partial charge on any atom is 0.271 e. The Bertz CT molecular complexity index is 1120. The molecule has 0 aliphatic carbocycles. The Morgan fingerprint density at radius 1 is 1.07 bits per heavy atom. The summed E-state index contributed by atoms with van der Waals surface area (Å²) in [4.78, 5) is 12.0. The van der Waals surface area contributed by atoms with Gasteiger partial charge in [0.05, 0.1) is 17.7 Å². The highest BCUT2D eigenvalue weighted by atomic mass is 32.2. The molecule has 1 amide bonds. The molecular formula is C20H18FN3O4S. The lowest BCUT2D eigenvalue weighted by Gasteiger charge is -2.05. The number of hydrazone groups is 1. The third kappa shape index (κ3) is 5.59. The number of rotatable bonds is 7. The van der Waals surface area contributed by atoms with Crippen molar-refractivity contribution in [3.63, 3.8) is 0 Å². The minimum atomic E-state index is -3.66. The first-order chi connectivity index (χ1) is 13.8. The molecule has 2 N–H and O–H groups in total. The van der Waals surface area contributed by atoms with E-state index in [-0.39, 0.29) is 17.0 Å². The summed E-state index contributed by atoms with van der Waals surface area (Å²) in [6.07, 6.45) is 1.28. The minimum Gasteiger partial charge on any atom is -0.459 e. The van der Waals surface area contributed by atoms with Gasteiger partial charge < -0.3 is 4.42 Å². The number of nitrogens with zero attached hydrogens (tertiary/aromatic N) is 1. The van der Waals surface area contributed by atoms with Crippen LogP contribution in [0.5, 0.6) is 0 Å². The molecule has 0 radical (unpaired) electrons. The molecule has 7 nitrogen and oxygen atoms in total. The predicted octanol–water partition coefficient (Wildman–Crippen LogP) is 2.97. The molecule has 3 rings (SSSR count). The molecular weight excluding hydrogens is 397 g/mol. The molecule has 29 heavy (non-hydrogen) atoms. The summed E-state index contributed by atoms with van der Waals surface area (Å²) in [6.45, 7) is 1.84. The lowest BCUT2D eigenvalue weighted by molar-refractivity contribution is 0.0955. The van der Waals surface area contributed by atoms with Crippen molar-refractivity contribution in [3.05, 3.63) is 89.1 Å². The molecule has 0 fully saturated rings. The Kier molecular flexibility index (Phi) is 6.20. The first-order valence-corrected chi connectivity index (χ1v) is 10.1. The number of halogens is 1. The summed E-state index contributed by atoms with van der Waals surface area (Å²) in [5, 5.41) is 3.77. The molecule has 1 heterocycles. The topological polar surface area (TPSA) is 101 Å². The van der Waals surface area contributed by atoms with Gasteiger partial charge in [-0.25, -0.2) is 23.0 Å². The quantitative estimate of drug-likeness (QED) is 0.458. The van der Waals surface area contributed by atoms with Gasteiger partial charge in [-0.2, -0.15) is 5.10 Å². The van der Waals surface area contributed by atoms with E-state index in [0.717, 1.165) is 5.56 Å². The van der Waals surface area contributed by atoms with Crippen LogP contribution < -0.4 is 10.1 Å². The Morgan fingerprint density at radius 3 is 2.45 bits per heavy atom. The Balaban J connectivity index is 1.55. The molecule has 150 valence electrons.